The van der Waals surface area contributed by atoms with Gasteiger partial charge in [-0.3, -0.25) is 0 Å². The monoisotopic (exact) mass is 246 g/mol. The third kappa shape index (κ3) is 3.15. The summed E-state index contributed by atoms with van der Waals surface area (Å²) in [6, 6.07) is 17.6. The van der Waals surface area contributed by atoms with Crippen LogP contribution in [0.5, 0.6) is 0 Å². The van der Waals surface area contributed by atoms with E-state index in [4.69, 9.17) is 11.7 Å². The zero-order valence-electron chi connectivity index (χ0n) is 10.7. The van der Waals surface area contributed by atoms with Crippen molar-refractivity contribution in [2.45, 2.75) is 13.0 Å². The van der Waals surface area contributed by atoms with Crippen molar-refractivity contribution in [2.75, 3.05) is 5.32 Å². The molecule has 0 bridgehead atoms. The summed E-state index contributed by atoms with van der Waals surface area (Å²) in [5.74, 6) is 2.62. The molecular weight excluding hydrogens is 232 g/mol. The number of anilines is 1. The second-order valence-corrected chi connectivity index (χ2v) is 4.32. The highest BCUT2D eigenvalue weighted by molar-refractivity contribution is 5.51. The Labute approximate surface area is 113 Å². The number of rotatable bonds is 3. The van der Waals surface area contributed by atoms with E-state index >= 15 is 0 Å². The van der Waals surface area contributed by atoms with Gasteiger partial charge < -0.3 is 5.32 Å². The van der Waals surface area contributed by atoms with Gasteiger partial charge in [-0.25, -0.2) is 0 Å². The normalized spacial score (nSPS) is 11.1. The van der Waals surface area contributed by atoms with Crippen LogP contribution < -0.4 is 5.32 Å². The van der Waals surface area contributed by atoms with E-state index in [0.717, 1.165) is 16.8 Å². The summed E-state index contributed by atoms with van der Waals surface area (Å²) >= 11 is 0. The van der Waals surface area contributed by atoms with Crippen molar-refractivity contribution in [1.29, 1.82) is 5.26 Å². The molecule has 1 unspecified atom stereocenters. The van der Waals surface area contributed by atoms with Crippen LogP contribution in [0.1, 0.15) is 29.7 Å². The molecule has 2 aromatic carbocycles. The topological polar surface area (TPSA) is 35.8 Å². The summed E-state index contributed by atoms with van der Waals surface area (Å²) < 4.78 is 0. The molecule has 0 heterocycles. The van der Waals surface area contributed by atoms with Crippen LogP contribution in [0.3, 0.4) is 0 Å². The Kier molecular flexibility index (Phi) is 3.86. The Balaban J connectivity index is 2.14. The maximum atomic E-state index is 8.78. The van der Waals surface area contributed by atoms with Gasteiger partial charge in [-0.2, -0.15) is 5.26 Å². The van der Waals surface area contributed by atoms with Crippen LogP contribution in [0, 0.1) is 23.7 Å². The molecule has 19 heavy (non-hydrogen) atoms. The lowest BCUT2D eigenvalue weighted by Crippen LogP contribution is -2.06. The van der Waals surface area contributed by atoms with E-state index in [9.17, 15) is 0 Å². The van der Waals surface area contributed by atoms with Gasteiger partial charge in [-0.15, -0.1) is 6.42 Å². The number of nitrogens with zero attached hydrogens (tertiary/aromatic N) is 1. The van der Waals surface area contributed by atoms with Crippen LogP contribution in [-0.4, -0.2) is 0 Å². The summed E-state index contributed by atoms with van der Waals surface area (Å²) in [7, 11) is 0. The fourth-order valence-corrected chi connectivity index (χ4v) is 1.88. The average Bonchev–Trinajstić information content (AvgIpc) is 2.47. The van der Waals surface area contributed by atoms with Crippen LogP contribution in [0.25, 0.3) is 0 Å². The van der Waals surface area contributed by atoms with Crippen molar-refractivity contribution in [3.63, 3.8) is 0 Å². The molecule has 2 nitrogen and oxygen atoms in total. The summed E-state index contributed by atoms with van der Waals surface area (Å²) in [6.07, 6.45) is 5.38. The molecule has 0 saturated carbocycles. The van der Waals surface area contributed by atoms with Gasteiger partial charge in [0.1, 0.15) is 0 Å². The molecule has 0 aliphatic carbocycles. The van der Waals surface area contributed by atoms with Crippen LogP contribution >= 0.6 is 0 Å². The summed E-state index contributed by atoms with van der Waals surface area (Å²) in [5.41, 5.74) is 3.65. The van der Waals surface area contributed by atoms with Crippen LogP contribution in [-0.2, 0) is 0 Å². The third-order valence-corrected chi connectivity index (χ3v) is 2.95. The average molecular weight is 246 g/mol. The van der Waals surface area contributed by atoms with Gasteiger partial charge in [-0.05, 0) is 42.8 Å². The molecule has 0 aromatic heterocycles. The smallest absolute Gasteiger partial charge is 0.0991 e. The molecule has 0 spiro atoms. The van der Waals surface area contributed by atoms with E-state index < -0.39 is 0 Å². The first-order valence-electron chi connectivity index (χ1n) is 6.06. The Bertz CT molecular complexity index is 642. The second kappa shape index (κ2) is 5.76. The SMILES string of the molecule is C#Cc1cccc(NC(C)c2ccc(C#N)cc2)c1. The number of nitriles is 1. The first-order valence-corrected chi connectivity index (χ1v) is 6.06. The predicted octanol–water partition coefficient (Wildman–Crippen LogP) is 3.71. The van der Waals surface area contributed by atoms with Crippen molar-refractivity contribution in [3.8, 4) is 18.4 Å². The zero-order chi connectivity index (χ0) is 13.7. The Morgan fingerprint density at radius 3 is 2.47 bits per heavy atom. The van der Waals surface area contributed by atoms with Crippen LogP contribution in [0.15, 0.2) is 48.5 Å². The third-order valence-electron chi connectivity index (χ3n) is 2.95. The number of hydrogen-bond acceptors (Lipinski definition) is 2. The Morgan fingerprint density at radius 2 is 1.84 bits per heavy atom. The first-order chi connectivity index (χ1) is 9.22. The van der Waals surface area contributed by atoms with E-state index in [2.05, 4.69) is 24.2 Å². The minimum absolute atomic E-state index is 0.153. The molecule has 2 heteroatoms. The number of terminal acetylenes is 1. The highest BCUT2D eigenvalue weighted by Gasteiger charge is 2.05. The zero-order valence-corrected chi connectivity index (χ0v) is 10.7. The van der Waals surface area contributed by atoms with Gasteiger partial charge in [0.15, 0.2) is 0 Å². The molecule has 2 aromatic rings. The van der Waals surface area contributed by atoms with Crippen molar-refractivity contribution >= 4 is 5.69 Å². The largest absolute Gasteiger partial charge is 0.378 e. The van der Waals surface area contributed by atoms with E-state index in [1.807, 2.05) is 48.5 Å². The Hall–Kier alpha value is -2.71. The molecule has 0 amide bonds. The summed E-state index contributed by atoms with van der Waals surface area (Å²) in [6.45, 7) is 2.07. The first kappa shape index (κ1) is 12.7. The molecule has 0 aliphatic heterocycles. The van der Waals surface area contributed by atoms with E-state index in [1.54, 1.807) is 0 Å². The van der Waals surface area contributed by atoms with Crippen LogP contribution in [0.2, 0.25) is 0 Å². The van der Waals surface area contributed by atoms with Crippen molar-refractivity contribution in [1.82, 2.24) is 0 Å². The van der Waals surface area contributed by atoms with Gasteiger partial charge in [0.05, 0.1) is 11.6 Å². The minimum atomic E-state index is 0.153. The van der Waals surface area contributed by atoms with Crippen molar-refractivity contribution in [3.05, 3.63) is 65.2 Å². The molecule has 0 radical (unpaired) electrons. The molecule has 0 aliphatic rings. The van der Waals surface area contributed by atoms with Gasteiger partial charge in [0.2, 0.25) is 0 Å². The lowest BCUT2D eigenvalue weighted by Gasteiger charge is -2.16. The molecule has 0 fully saturated rings. The number of hydrogen-bond donors (Lipinski definition) is 1. The van der Waals surface area contributed by atoms with Gasteiger partial charge in [-0.1, -0.05) is 24.1 Å². The standard InChI is InChI=1S/C17H14N2/c1-3-14-5-4-6-17(11-14)19-13(2)16-9-7-15(12-18)8-10-16/h1,4-11,13,19H,2H3. The molecule has 1 N–H and O–H groups in total. The molecule has 0 saturated heterocycles. The molecular formula is C17H14N2. The number of nitrogens with one attached hydrogen (secondary N) is 1. The Morgan fingerprint density at radius 1 is 1.11 bits per heavy atom. The highest BCUT2D eigenvalue weighted by Crippen LogP contribution is 2.20. The minimum Gasteiger partial charge on any atom is -0.378 e. The highest BCUT2D eigenvalue weighted by atomic mass is 14.9. The van der Waals surface area contributed by atoms with Gasteiger partial charge in [0.25, 0.3) is 0 Å². The fourth-order valence-electron chi connectivity index (χ4n) is 1.88. The van der Waals surface area contributed by atoms with Gasteiger partial charge >= 0.3 is 0 Å². The van der Waals surface area contributed by atoms with Crippen molar-refractivity contribution in [2.24, 2.45) is 0 Å². The maximum absolute atomic E-state index is 8.78. The van der Waals surface area contributed by atoms with E-state index in [0.29, 0.717) is 5.56 Å². The predicted molar refractivity (Wildman–Crippen MR) is 77.6 cm³/mol. The summed E-state index contributed by atoms with van der Waals surface area (Å²) in [5, 5.41) is 12.2. The second-order valence-electron chi connectivity index (χ2n) is 4.32. The lowest BCUT2D eigenvalue weighted by atomic mass is 10.1. The van der Waals surface area contributed by atoms with Crippen molar-refractivity contribution < 1.29 is 0 Å². The van der Waals surface area contributed by atoms with Gasteiger partial charge in [0, 0.05) is 17.3 Å². The quantitative estimate of drug-likeness (QED) is 0.838. The molecule has 92 valence electrons. The summed E-state index contributed by atoms with van der Waals surface area (Å²) in [4.78, 5) is 0. The van der Waals surface area contributed by atoms with E-state index in [1.165, 1.54) is 0 Å². The van der Waals surface area contributed by atoms with Crippen LogP contribution in [0.4, 0.5) is 5.69 Å². The lowest BCUT2D eigenvalue weighted by molar-refractivity contribution is 0.884. The fraction of sp³-hybridized carbons (Fsp3) is 0.118. The maximum Gasteiger partial charge on any atom is 0.0991 e. The molecule has 1 atom stereocenters. The van der Waals surface area contributed by atoms with E-state index in [-0.39, 0.29) is 6.04 Å². The molecule has 2 rings (SSSR count). The number of benzene rings is 2.